The van der Waals surface area contributed by atoms with E-state index in [0.717, 1.165) is 17.6 Å². The van der Waals surface area contributed by atoms with Crippen molar-refractivity contribution in [1.29, 1.82) is 0 Å². The summed E-state index contributed by atoms with van der Waals surface area (Å²) in [5, 5.41) is 0. The number of allylic oxidation sites excluding steroid dienone is 2. The number of carbonyl (C=O) groups is 1. The second kappa shape index (κ2) is 8.01. The average Bonchev–Trinajstić information content (AvgIpc) is 3.02. The summed E-state index contributed by atoms with van der Waals surface area (Å²) in [6, 6.07) is 13.4. The molecule has 1 nitrogen and oxygen atoms in total. The van der Waals surface area contributed by atoms with E-state index < -0.39 is 0 Å². The fourth-order valence-electron chi connectivity index (χ4n) is 5.39. The smallest absolute Gasteiger partial charge is 0.189 e. The maximum atomic E-state index is 13.4. The number of carbonyl (C=O) groups excluding carboxylic acids is 1. The Labute approximate surface area is 195 Å². The number of hydrogen-bond acceptors (Lipinski definition) is 1. The van der Waals surface area contributed by atoms with Crippen LogP contribution in [0.3, 0.4) is 0 Å². The minimum Gasteiger partial charge on any atom is -0.289 e. The molecule has 0 amide bonds. The molecule has 2 aliphatic carbocycles. The van der Waals surface area contributed by atoms with Gasteiger partial charge >= 0.3 is 0 Å². The van der Waals surface area contributed by atoms with Gasteiger partial charge in [0.25, 0.3) is 0 Å². The van der Waals surface area contributed by atoms with Gasteiger partial charge in [-0.1, -0.05) is 110 Å². The summed E-state index contributed by atoms with van der Waals surface area (Å²) in [5.41, 5.74) is 8.65. The molecule has 2 aromatic carbocycles. The summed E-state index contributed by atoms with van der Waals surface area (Å²) in [4.78, 5) is 13.4. The van der Waals surface area contributed by atoms with Crippen LogP contribution in [0, 0.1) is 5.41 Å². The fourth-order valence-corrected chi connectivity index (χ4v) is 5.39. The normalized spacial score (nSPS) is 20.0. The lowest BCUT2D eigenvalue weighted by atomic mass is 9.74. The van der Waals surface area contributed by atoms with E-state index in [1.807, 2.05) is 6.07 Å². The number of hydrogen-bond donors (Lipinski definition) is 0. The SMILES string of the molecule is CC1(/C=C2/Cc3c(cccc3-c3cc(C(C)(C)C)cc(C(C)(C)C)c3)C2=O)CCCCC1. The van der Waals surface area contributed by atoms with E-state index in [9.17, 15) is 4.79 Å². The monoisotopic (exact) mass is 428 g/mol. The fraction of sp³-hybridized carbons (Fsp3) is 0.516. The van der Waals surface area contributed by atoms with E-state index in [4.69, 9.17) is 0 Å². The summed E-state index contributed by atoms with van der Waals surface area (Å²) in [6.07, 6.45) is 9.40. The van der Waals surface area contributed by atoms with Crippen molar-refractivity contribution >= 4 is 5.78 Å². The van der Waals surface area contributed by atoms with E-state index in [0.29, 0.717) is 0 Å². The van der Waals surface area contributed by atoms with Crippen molar-refractivity contribution in [3.05, 3.63) is 70.3 Å². The van der Waals surface area contributed by atoms with E-state index in [1.54, 1.807) is 0 Å². The third kappa shape index (κ3) is 4.49. The quantitative estimate of drug-likeness (QED) is 0.438. The molecule has 0 aromatic heterocycles. The summed E-state index contributed by atoms with van der Waals surface area (Å²) in [6.45, 7) is 16.0. The highest BCUT2D eigenvalue weighted by atomic mass is 16.1. The van der Waals surface area contributed by atoms with Crippen LogP contribution in [0.15, 0.2) is 48.0 Å². The molecule has 0 N–H and O–H groups in total. The van der Waals surface area contributed by atoms with Gasteiger partial charge in [0, 0.05) is 17.6 Å². The Kier molecular flexibility index (Phi) is 5.76. The first-order chi connectivity index (χ1) is 14.9. The zero-order chi connectivity index (χ0) is 23.3. The Bertz CT molecular complexity index is 1030. The topological polar surface area (TPSA) is 17.1 Å². The standard InChI is InChI=1S/C31H40O/c1-29(2,3)23-16-21(17-24(19-23)30(4,5)6)25-12-11-13-26-27(25)18-22(28(26)32)20-31(7)14-9-8-10-15-31/h11-13,16-17,19-20H,8-10,14-15,18H2,1-7H3/b22-20-. The van der Waals surface area contributed by atoms with Crippen LogP contribution >= 0.6 is 0 Å². The second-order valence-corrected chi connectivity index (χ2v) is 12.5. The summed E-state index contributed by atoms with van der Waals surface area (Å²) < 4.78 is 0. The summed E-state index contributed by atoms with van der Waals surface area (Å²) in [7, 11) is 0. The molecule has 1 fully saturated rings. The molecule has 0 saturated heterocycles. The Balaban J connectivity index is 1.81. The lowest BCUT2D eigenvalue weighted by molar-refractivity contribution is 0.103. The van der Waals surface area contributed by atoms with Gasteiger partial charge in [-0.2, -0.15) is 0 Å². The number of fused-ring (bicyclic) bond motifs is 1. The predicted octanol–water partition coefficient (Wildman–Crippen LogP) is 8.58. The van der Waals surface area contributed by atoms with Gasteiger partial charge in [-0.3, -0.25) is 4.79 Å². The minimum atomic E-state index is 0.0738. The van der Waals surface area contributed by atoms with Crippen LogP contribution in [0.2, 0.25) is 0 Å². The van der Waals surface area contributed by atoms with E-state index >= 15 is 0 Å². The lowest BCUT2D eigenvalue weighted by Crippen LogP contribution is -2.18. The predicted molar refractivity (Wildman–Crippen MR) is 137 cm³/mol. The van der Waals surface area contributed by atoms with Crippen molar-refractivity contribution in [2.45, 2.75) is 97.8 Å². The van der Waals surface area contributed by atoms with Crippen LogP contribution in [-0.2, 0) is 17.3 Å². The molecule has 2 aliphatic rings. The Morgan fingerprint density at radius 3 is 1.94 bits per heavy atom. The zero-order valence-electron chi connectivity index (χ0n) is 21.2. The molecule has 1 heteroatoms. The molecule has 32 heavy (non-hydrogen) atoms. The first kappa shape index (κ1) is 23.0. The van der Waals surface area contributed by atoms with Gasteiger partial charge in [0.15, 0.2) is 5.78 Å². The van der Waals surface area contributed by atoms with Crippen LogP contribution in [0.5, 0.6) is 0 Å². The zero-order valence-corrected chi connectivity index (χ0v) is 21.2. The maximum Gasteiger partial charge on any atom is 0.189 e. The van der Waals surface area contributed by atoms with Gasteiger partial charge in [-0.15, -0.1) is 0 Å². The molecule has 0 radical (unpaired) electrons. The first-order valence-electron chi connectivity index (χ1n) is 12.4. The molecule has 2 aromatic rings. The molecule has 1 saturated carbocycles. The van der Waals surface area contributed by atoms with E-state index in [2.05, 4.69) is 84.9 Å². The Hall–Kier alpha value is -2.15. The van der Waals surface area contributed by atoms with Crippen molar-refractivity contribution in [2.24, 2.45) is 5.41 Å². The van der Waals surface area contributed by atoms with E-state index in [-0.39, 0.29) is 22.0 Å². The van der Waals surface area contributed by atoms with Crippen LogP contribution in [0.1, 0.15) is 108 Å². The number of Topliss-reactive ketones (excluding diaryl/α,β-unsaturated/α-hetero) is 1. The molecular formula is C31H40O. The van der Waals surface area contributed by atoms with Crippen molar-refractivity contribution in [1.82, 2.24) is 0 Å². The maximum absolute atomic E-state index is 13.4. The molecule has 0 spiro atoms. The highest BCUT2D eigenvalue weighted by Crippen LogP contribution is 2.42. The number of rotatable bonds is 2. The highest BCUT2D eigenvalue weighted by Gasteiger charge is 2.32. The molecule has 0 unspecified atom stereocenters. The minimum absolute atomic E-state index is 0.0738. The van der Waals surface area contributed by atoms with Gasteiger partial charge < -0.3 is 0 Å². The number of benzene rings is 2. The van der Waals surface area contributed by atoms with Crippen molar-refractivity contribution in [3.8, 4) is 11.1 Å². The average molecular weight is 429 g/mol. The van der Waals surface area contributed by atoms with Gasteiger partial charge in [-0.05, 0) is 56.9 Å². The number of ketones is 1. The molecule has 170 valence electrons. The third-order valence-electron chi connectivity index (χ3n) is 7.57. The second-order valence-electron chi connectivity index (χ2n) is 12.5. The molecule has 0 aliphatic heterocycles. The van der Waals surface area contributed by atoms with Gasteiger partial charge in [0.1, 0.15) is 0 Å². The molecule has 0 atom stereocenters. The highest BCUT2D eigenvalue weighted by molar-refractivity contribution is 6.14. The van der Waals surface area contributed by atoms with Crippen molar-refractivity contribution in [3.63, 3.8) is 0 Å². The van der Waals surface area contributed by atoms with Crippen LogP contribution < -0.4 is 0 Å². The van der Waals surface area contributed by atoms with E-state index in [1.165, 1.54) is 59.9 Å². The van der Waals surface area contributed by atoms with Gasteiger partial charge in [0.2, 0.25) is 0 Å². The van der Waals surface area contributed by atoms with Crippen molar-refractivity contribution in [2.75, 3.05) is 0 Å². The molecule has 0 bridgehead atoms. The first-order valence-corrected chi connectivity index (χ1v) is 12.4. The van der Waals surface area contributed by atoms with Gasteiger partial charge in [-0.25, -0.2) is 0 Å². The van der Waals surface area contributed by atoms with Crippen LogP contribution in [0.4, 0.5) is 0 Å². The van der Waals surface area contributed by atoms with Crippen LogP contribution in [-0.4, -0.2) is 5.78 Å². The Morgan fingerprint density at radius 1 is 0.812 bits per heavy atom. The molecule has 0 heterocycles. The lowest BCUT2D eigenvalue weighted by Gasteiger charge is -2.31. The van der Waals surface area contributed by atoms with Crippen molar-refractivity contribution < 1.29 is 4.79 Å². The summed E-state index contributed by atoms with van der Waals surface area (Å²) >= 11 is 0. The molecular weight excluding hydrogens is 388 g/mol. The third-order valence-corrected chi connectivity index (χ3v) is 7.57. The Morgan fingerprint density at radius 2 is 1.38 bits per heavy atom. The van der Waals surface area contributed by atoms with Gasteiger partial charge in [0.05, 0.1) is 0 Å². The van der Waals surface area contributed by atoms with Crippen LogP contribution in [0.25, 0.3) is 11.1 Å². The summed E-state index contributed by atoms with van der Waals surface area (Å²) in [5.74, 6) is 0.247. The molecule has 4 rings (SSSR count). The largest absolute Gasteiger partial charge is 0.289 e.